The third-order valence-electron chi connectivity index (χ3n) is 4.44. The average molecular weight is 330 g/mol. The number of hydrogen-bond acceptors (Lipinski definition) is 2. The number of benzene rings is 2. The first-order valence-corrected chi connectivity index (χ1v) is 8.15. The highest BCUT2D eigenvalue weighted by Gasteiger charge is 2.44. The lowest BCUT2D eigenvalue weighted by Crippen LogP contribution is -2.33. The second kappa shape index (κ2) is 6.63. The van der Waals surface area contributed by atoms with Crippen molar-refractivity contribution in [3.05, 3.63) is 64.7 Å². The topological polar surface area (TPSA) is 38.3 Å². The zero-order valence-corrected chi connectivity index (χ0v) is 13.9. The summed E-state index contributed by atoms with van der Waals surface area (Å²) in [6.45, 7) is 0.669. The Morgan fingerprint density at radius 3 is 2.57 bits per heavy atom. The largest absolute Gasteiger partial charge is 0.497 e. The summed E-state index contributed by atoms with van der Waals surface area (Å²) in [5, 5.41) is 3.82. The minimum atomic E-state index is 0.0449. The molecule has 3 nitrogen and oxygen atoms in total. The van der Waals surface area contributed by atoms with E-state index in [9.17, 15) is 4.79 Å². The van der Waals surface area contributed by atoms with E-state index < -0.39 is 0 Å². The van der Waals surface area contributed by atoms with Gasteiger partial charge in [-0.15, -0.1) is 0 Å². The quantitative estimate of drug-likeness (QED) is 0.876. The number of halogens is 1. The first-order chi connectivity index (χ1) is 11.1. The molecule has 1 aliphatic carbocycles. The van der Waals surface area contributed by atoms with Gasteiger partial charge < -0.3 is 10.1 Å². The normalized spacial score (nSPS) is 15.0. The Hall–Kier alpha value is -2.00. The SMILES string of the molecule is COc1ccc(CC(=O)NCC2(c3cccc(Cl)c3)CC2)cc1. The Balaban J connectivity index is 1.56. The van der Waals surface area contributed by atoms with Crippen LogP contribution in [0.3, 0.4) is 0 Å². The second-order valence-corrected chi connectivity index (χ2v) is 6.53. The second-order valence-electron chi connectivity index (χ2n) is 6.09. The highest BCUT2D eigenvalue weighted by molar-refractivity contribution is 6.30. The molecule has 1 N–H and O–H groups in total. The van der Waals surface area contributed by atoms with E-state index in [-0.39, 0.29) is 11.3 Å². The summed E-state index contributed by atoms with van der Waals surface area (Å²) in [4.78, 5) is 12.2. The van der Waals surface area contributed by atoms with Gasteiger partial charge in [-0.25, -0.2) is 0 Å². The lowest BCUT2D eigenvalue weighted by molar-refractivity contribution is -0.120. The van der Waals surface area contributed by atoms with E-state index in [2.05, 4.69) is 11.4 Å². The minimum absolute atomic E-state index is 0.0449. The fraction of sp³-hybridized carbons (Fsp3) is 0.316. The number of carbonyl (C=O) groups is 1. The molecular formula is C19H20ClNO2. The zero-order chi connectivity index (χ0) is 16.3. The molecule has 0 heterocycles. The van der Waals surface area contributed by atoms with Gasteiger partial charge in [0, 0.05) is 17.0 Å². The van der Waals surface area contributed by atoms with Crippen LogP contribution in [0.2, 0.25) is 5.02 Å². The summed E-state index contributed by atoms with van der Waals surface area (Å²) >= 11 is 6.08. The molecule has 23 heavy (non-hydrogen) atoms. The van der Waals surface area contributed by atoms with E-state index in [1.807, 2.05) is 42.5 Å². The molecule has 1 saturated carbocycles. The molecule has 1 aliphatic rings. The van der Waals surface area contributed by atoms with Crippen LogP contribution in [0.1, 0.15) is 24.0 Å². The van der Waals surface area contributed by atoms with Gasteiger partial charge in [-0.1, -0.05) is 35.9 Å². The standard InChI is InChI=1S/C19H20ClNO2/c1-23-17-7-5-14(6-8-17)11-18(22)21-13-19(9-10-19)15-3-2-4-16(20)12-15/h2-8,12H,9-11,13H2,1H3,(H,21,22). The molecule has 0 aliphatic heterocycles. The van der Waals surface area contributed by atoms with Crippen molar-refractivity contribution in [1.29, 1.82) is 0 Å². The van der Waals surface area contributed by atoms with Crippen molar-refractivity contribution >= 4 is 17.5 Å². The van der Waals surface area contributed by atoms with E-state index in [4.69, 9.17) is 16.3 Å². The molecule has 3 rings (SSSR count). The van der Waals surface area contributed by atoms with Gasteiger partial charge in [0.15, 0.2) is 0 Å². The number of nitrogens with one attached hydrogen (secondary N) is 1. The Kier molecular flexibility index (Phi) is 4.58. The predicted molar refractivity (Wildman–Crippen MR) is 92.1 cm³/mol. The van der Waals surface area contributed by atoms with Gasteiger partial charge >= 0.3 is 0 Å². The maximum Gasteiger partial charge on any atom is 0.224 e. The zero-order valence-electron chi connectivity index (χ0n) is 13.1. The van der Waals surface area contributed by atoms with Crippen molar-refractivity contribution < 1.29 is 9.53 Å². The fourth-order valence-electron chi connectivity index (χ4n) is 2.80. The molecule has 2 aromatic rings. The number of amides is 1. The molecule has 0 unspecified atom stereocenters. The molecule has 120 valence electrons. The minimum Gasteiger partial charge on any atom is -0.497 e. The van der Waals surface area contributed by atoms with Crippen LogP contribution in [0.15, 0.2) is 48.5 Å². The first kappa shape index (κ1) is 15.9. The first-order valence-electron chi connectivity index (χ1n) is 7.77. The van der Waals surface area contributed by atoms with E-state index >= 15 is 0 Å². The summed E-state index contributed by atoms with van der Waals surface area (Å²) in [6, 6.07) is 15.5. The van der Waals surface area contributed by atoms with E-state index in [1.165, 1.54) is 5.56 Å². The average Bonchev–Trinajstić information content (AvgIpc) is 3.35. The Morgan fingerprint density at radius 2 is 1.96 bits per heavy atom. The van der Waals surface area contributed by atoms with Gasteiger partial charge in [0.25, 0.3) is 0 Å². The summed E-state index contributed by atoms with van der Waals surface area (Å²) in [6.07, 6.45) is 2.57. The van der Waals surface area contributed by atoms with Crippen LogP contribution >= 0.6 is 11.6 Å². The third-order valence-corrected chi connectivity index (χ3v) is 4.67. The molecule has 0 saturated heterocycles. The molecule has 0 atom stereocenters. The number of rotatable bonds is 6. The molecule has 2 aromatic carbocycles. The van der Waals surface area contributed by atoms with Crippen LogP contribution in [0, 0.1) is 0 Å². The van der Waals surface area contributed by atoms with Crippen LogP contribution in [-0.4, -0.2) is 19.6 Å². The Labute approximate surface area is 141 Å². The number of carbonyl (C=O) groups excluding carboxylic acids is 1. The molecule has 0 spiro atoms. The molecule has 1 amide bonds. The third kappa shape index (κ3) is 3.85. The summed E-state index contributed by atoms with van der Waals surface area (Å²) < 4.78 is 5.12. The lowest BCUT2D eigenvalue weighted by atomic mass is 9.96. The predicted octanol–water partition coefficient (Wildman–Crippen LogP) is 3.74. The van der Waals surface area contributed by atoms with E-state index in [1.54, 1.807) is 7.11 Å². The monoisotopic (exact) mass is 329 g/mol. The van der Waals surface area contributed by atoms with Crippen molar-refractivity contribution in [2.45, 2.75) is 24.7 Å². The highest BCUT2D eigenvalue weighted by Crippen LogP contribution is 2.48. The molecule has 0 radical (unpaired) electrons. The molecule has 0 bridgehead atoms. The number of hydrogen-bond donors (Lipinski definition) is 1. The van der Waals surface area contributed by atoms with Gasteiger partial charge in [-0.3, -0.25) is 4.79 Å². The van der Waals surface area contributed by atoms with Gasteiger partial charge in [0.05, 0.1) is 13.5 Å². The molecule has 1 fully saturated rings. The van der Waals surface area contributed by atoms with Crippen molar-refractivity contribution in [1.82, 2.24) is 5.32 Å². The van der Waals surface area contributed by atoms with Gasteiger partial charge in [0.1, 0.15) is 5.75 Å². The van der Waals surface area contributed by atoms with Crippen molar-refractivity contribution in [2.24, 2.45) is 0 Å². The van der Waals surface area contributed by atoms with Crippen molar-refractivity contribution in [3.63, 3.8) is 0 Å². The lowest BCUT2D eigenvalue weighted by Gasteiger charge is -2.17. The maximum atomic E-state index is 12.2. The van der Waals surface area contributed by atoms with Crippen LogP contribution in [0.5, 0.6) is 5.75 Å². The summed E-state index contributed by atoms with van der Waals surface area (Å²) in [7, 11) is 1.63. The molecule has 4 heteroatoms. The van der Waals surface area contributed by atoms with Crippen LogP contribution in [0.25, 0.3) is 0 Å². The summed E-state index contributed by atoms with van der Waals surface area (Å²) in [5.41, 5.74) is 2.27. The van der Waals surface area contributed by atoms with E-state index in [0.717, 1.165) is 29.2 Å². The van der Waals surface area contributed by atoms with Crippen LogP contribution < -0.4 is 10.1 Å². The van der Waals surface area contributed by atoms with Crippen LogP contribution in [-0.2, 0) is 16.6 Å². The number of ether oxygens (including phenoxy) is 1. The van der Waals surface area contributed by atoms with Gasteiger partial charge in [0.2, 0.25) is 5.91 Å². The van der Waals surface area contributed by atoms with E-state index in [0.29, 0.717) is 13.0 Å². The fourth-order valence-corrected chi connectivity index (χ4v) is 2.99. The Bertz CT molecular complexity index is 693. The smallest absolute Gasteiger partial charge is 0.224 e. The molecular weight excluding hydrogens is 310 g/mol. The van der Waals surface area contributed by atoms with Crippen molar-refractivity contribution in [2.75, 3.05) is 13.7 Å². The highest BCUT2D eigenvalue weighted by atomic mass is 35.5. The van der Waals surface area contributed by atoms with Crippen molar-refractivity contribution in [3.8, 4) is 5.75 Å². The van der Waals surface area contributed by atoms with Gasteiger partial charge in [-0.2, -0.15) is 0 Å². The summed E-state index contributed by atoms with van der Waals surface area (Å²) in [5.74, 6) is 0.843. The van der Waals surface area contributed by atoms with Crippen LogP contribution in [0.4, 0.5) is 0 Å². The number of methoxy groups -OCH3 is 1. The molecule has 0 aromatic heterocycles. The maximum absolute atomic E-state index is 12.2. The van der Waals surface area contributed by atoms with Gasteiger partial charge in [-0.05, 0) is 48.2 Å². The Morgan fingerprint density at radius 1 is 1.22 bits per heavy atom.